The smallest absolute Gasteiger partial charge is 0.243 e. The third-order valence-electron chi connectivity index (χ3n) is 2.41. The minimum Gasteiger partial charge on any atom is -0.394 e. The maximum atomic E-state index is 9.17. The second-order valence-electron chi connectivity index (χ2n) is 4.09. The molecule has 0 aliphatic heterocycles. The molecule has 0 unspecified atom stereocenters. The first-order valence-corrected chi connectivity index (χ1v) is 5.87. The SMILES string of the molecule is CC(CO)(CO)Nc1nc2ccc(Br)cn2n1. The molecule has 7 heteroatoms. The van der Waals surface area contributed by atoms with Gasteiger partial charge in [-0.2, -0.15) is 4.98 Å². The summed E-state index contributed by atoms with van der Waals surface area (Å²) < 4.78 is 2.51. The number of aliphatic hydroxyl groups is 2. The van der Waals surface area contributed by atoms with E-state index in [4.69, 9.17) is 0 Å². The molecule has 0 radical (unpaired) electrons. The Morgan fingerprint density at radius 1 is 1.41 bits per heavy atom. The molecular weight excluding hydrogens is 288 g/mol. The van der Waals surface area contributed by atoms with Gasteiger partial charge in [-0.1, -0.05) is 0 Å². The van der Waals surface area contributed by atoms with E-state index >= 15 is 0 Å². The first-order chi connectivity index (χ1) is 8.06. The van der Waals surface area contributed by atoms with Crippen molar-refractivity contribution in [3.8, 4) is 0 Å². The molecule has 0 amide bonds. The van der Waals surface area contributed by atoms with Crippen molar-refractivity contribution in [3.63, 3.8) is 0 Å². The van der Waals surface area contributed by atoms with E-state index in [0.717, 1.165) is 4.47 Å². The second kappa shape index (κ2) is 4.59. The lowest BCUT2D eigenvalue weighted by molar-refractivity contribution is 0.147. The number of nitrogens with one attached hydrogen (secondary N) is 1. The lowest BCUT2D eigenvalue weighted by Crippen LogP contribution is -2.42. The van der Waals surface area contributed by atoms with Crippen LogP contribution in [0.3, 0.4) is 0 Å². The Hall–Kier alpha value is -1.18. The van der Waals surface area contributed by atoms with Gasteiger partial charge < -0.3 is 15.5 Å². The highest BCUT2D eigenvalue weighted by atomic mass is 79.9. The summed E-state index contributed by atoms with van der Waals surface area (Å²) in [7, 11) is 0. The van der Waals surface area contributed by atoms with E-state index in [1.165, 1.54) is 0 Å². The van der Waals surface area contributed by atoms with Crippen molar-refractivity contribution < 1.29 is 10.2 Å². The fourth-order valence-corrected chi connectivity index (χ4v) is 1.64. The first kappa shape index (κ1) is 12.3. The maximum Gasteiger partial charge on any atom is 0.243 e. The molecule has 0 aliphatic carbocycles. The topological polar surface area (TPSA) is 82.7 Å². The first-order valence-electron chi connectivity index (χ1n) is 5.08. The number of pyridine rings is 1. The molecular formula is C10H13BrN4O2. The van der Waals surface area contributed by atoms with Crippen LogP contribution in [0.4, 0.5) is 5.95 Å². The molecule has 2 aromatic rings. The third kappa shape index (κ3) is 2.56. The van der Waals surface area contributed by atoms with Crippen molar-refractivity contribution in [3.05, 3.63) is 22.8 Å². The molecule has 0 saturated heterocycles. The van der Waals surface area contributed by atoms with Gasteiger partial charge in [0.15, 0.2) is 5.65 Å². The Labute approximate surface area is 106 Å². The number of rotatable bonds is 4. The highest BCUT2D eigenvalue weighted by Crippen LogP contribution is 2.15. The highest BCUT2D eigenvalue weighted by Gasteiger charge is 2.23. The van der Waals surface area contributed by atoms with Gasteiger partial charge in [0.05, 0.1) is 18.8 Å². The minimum absolute atomic E-state index is 0.206. The zero-order chi connectivity index (χ0) is 12.5. The Morgan fingerprint density at radius 2 is 2.12 bits per heavy atom. The van der Waals surface area contributed by atoms with Crippen LogP contribution in [0, 0.1) is 0 Å². The van der Waals surface area contributed by atoms with Crippen molar-refractivity contribution in [1.29, 1.82) is 0 Å². The average Bonchev–Trinajstić information content (AvgIpc) is 2.70. The third-order valence-corrected chi connectivity index (χ3v) is 2.88. The molecule has 2 aromatic heterocycles. The molecule has 0 atom stereocenters. The Bertz CT molecular complexity index is 524. The molecule has 17 heavy (non-hydrogen) atoms. The Morgan fingerprint density at radius 3 is 2.76 bits per heavy atom. The fraction of sp³-hybridized carbons (Fsp3) is 0.400. The Balaban J connectivity index is 2.31. The van der Waals surface area contributed by atoms with Crippen molar-refractivity contribution in [2.45, 2.75) is 12.5 Å². The number of hydrogen-bond acceptors (Lipinski definition) is 5. The van der Waals surface area contributed by atoms with Crippen molar-refractivity contribution in [2.24, 2.45) is 0 Å². The Kier molecular flexibility index (Phi) is 3.32. The molecule has 0 aliphatic rings. The van der Waals surface area contributed by atoms with Gasteiger partial charge in [-0.15, -0.1) is 5.10 Å². The summed E-state index contributed by atoms with van der Waals surface area (Å²) in [6, 6.07) is 3.68. The molecule has 0 saturated carbocycles. The molecule has 0 bridgehead atoms. The monoisotopic (exact) mass is 300 g/mol. The lowest BCUT2D eigenvalue weighted by Gasteiger charge is -2.24. The van der Waals surface area contributed by atoms with Crippen LogP contribution in [-0.4, -0.2) is 43.6 Å². The summed E-state index contributed by atoms with van der Waals surface area (Å²) >= 11 is 3.34. The second-order valence-corrected chi connectivity index (χ2v) is 5.00. The van der Waals surface area contributed by atoms with Crippen LogP contribution in [0.25, 0.3) is 5.65 Å². The van der Waals surface area contributed by atoms with Crippen molar-refractivity contribution >= 4 is 27.5 Å². The van der Waals surface area contributed by atoms with E-state index in [2.05, 4.69) is 31.3 Å². The van der Waals surface area contributed by atoms with E-state index in [9.17, 15) is 10.2 Å². The normalized spacial score (nSPS) is 12.0. The van der Waals surface area contributed by atoms with Gasteiger partial charge >= 0.3 is 0 Å². The number of aromatic nitrogens is 3. The van der Waals surface area contributed by atoms with Gasteiger partial charge in [0, 0.05) is 10.7 Å². The summed E-state index contributed by atoms with van der Waals surface area (Å²) in [5.74, 6) is 0.369. The zero-order valence-corrected chi connectivity index (χ0v) is 10.8. The quantitative estimate of drug-likeness (QED) is 0.772. The largest absolute Gasteiger partial charge is 0.394 e. The van der Waals surface area contributed by atoms with E-state index < -0.39 is 5.54 Å². The lowest BCUT2D eigenvalue weighted by atomic mass is 10.1. The molecule has 0 fully saturated rings. The van der Waals surface area contributed by atoms with E-state index in [1.807, 2.05) is 12.1 Å². The van der Waals surface area contributed by atoms with E-state index in [-0.39, 0.29) is 13.2 Å². The number of aliphatic hydroxyl groups excluding tert-OH is 2. The molecule has 0 spiro atoms. The summed E-state index contributed by atoms with van der Waals surface area (Å²) in [5.41, 5.74) is -0.142. The van der Waals surface area contributed by atoms with Crippen LogP contribution in [0.1, 0.15) is 6.92 Å². The molecule has 92 valence electrons. The molecule has 0 aromatic carbocycles. The zero-order valence-electron chi connectivity index (χ0n) is 9.26. The number of hydrogen-bond donors (Lipinski definition) is 3. The molecule has 2 rings (SSSR count). The summed E-state index contributed by atoms with van der Waals surface area (Å²) in [5, 5.41) is 25.4. The van der Waals surface area contributed by atoms with Crippen LogP contribution in [0.2, 0.25) is 0 Å². The van der Waals surface area contributed by atoms with Crippen LogP contribution in [0.15, 0.2) is 22.8 Å². The summed E-state index contributed by atoms with van der Waals surface area (Å²) in [6.45, 7) is 1.28. The number of anilines is 1. The van der Waals surface area contributed by atoms with Gasteiger partial charge in [-0.25, -0.2) is 4.52 Å². The predicted molar refractivity (Wildman–Crippen MR) is 66.9 cm³/mol. The van der Waals surface area contributed by atoms with E-state index in [1.54, 1.807) is 17.6 Å². The summed E-state index contributed by atoms with van der Waals surface area (Å²) in [6.07, 6.45) is 1.78. The number of fused-ring (bicyclic) bond motifs is 1. The van der Waals surface area contributed by atoms with Crippen LogP contribution in [0.5, 0.6) is 0 Å². The van der Waals surface area contributed by atoms with Crippen molar-refractivity contribution in [1.82, 2.24) is 14.6 Å². The van der Waals surface area contributed by atoms with Crippen molar-refractivity contribution in [2.75, 3.05) is 18.5 Å². The highest BCUT2D eigenvalue weighted by molar-refractivity contribution is 9.10. The minimum atomic E-state index is -0.831. The maximum absolute atomic E-state index is 9.17. The van der Waals surface area contributed by atoms with Gasteiger partial charge in [0.25, 0.3) is 0 Å². The van der Waals surface area contributed by atoms with Crippen LogP contribution < -0.4 is 5.32 Å². The van der Waals surface area contributed by atoms with Gasteiger partial charge in [-0.3, -0.25) is 0 Å². The molecule has 6 nitrogen and oxygen atoms in total. The summed E-state index contributed by atoms with van der Waals surface area (Å²) in [4.78, 5) is 4.23. The predicted octanol–water partition coefficient (Wildman–Crippen LogP) is 0.647. The van der Waals surface area contributed by atoms with E-state index in [0.29, 0.717) is 11.6 Å². The number of nitrogens with zero attached hydrogens (tertiary/aromatic N) is 3. The molecule has 2 heterocycles. The van der Waals surface area contributed by atoms with Crippen LogP contribution >= 0.6 is 15.9 Å². The van der Waals surface area contributed by atoms with Gasteiger partial charge in [0.1, 0.15) is 0 Å². The molecule has 3 N–H and O–H groups in total. The van der Waals surface area contributed by atoms with Crippen LogP contribution in [-0.2, 0) is 0 Å². The van der Waals surface area contributed by atoms with Gasteiger partial charge in [-0.05, 0) is 35.0 Å². The van der Waals surface area contributed by atoms with Gasteiger partial charge in [0.2, 0.25) is 5.95 Å². The standard InChI is InChI=1S/C10H13BrN4O2/c1-10(5-16,6-17)13-9-12-8-3-2-7(11)4-15(8)14-9/h2-4,16-17H,5-6H2,1H3,(H,13,14). The fourth-order valence-electron chi connectivity index (χ4n) is 1.31. The average molecular weight is 301 g/mol. The number of halogens is 1.